The molecule has 0 aliphatic carbocycles. The second kappa shape index (κ2) is 3.72. The first-order valence-corrected chi connectivity index (χ1v) is 3.49. The van der Waals surface area contributed by atoms with Crippen molar-refractivity contribution in [1.82, 2.24) is 0 Å². The standard InChI is InChI=1S/C7H7BF2O3/c1-4-2-6(10)7(3-5(4)9)13-8(11)12/h2-3,11-12H,1H3. The highest BCUT2D eigenvalue weighted by atomic mass is 19.1. The molecule has 3 nitrogen and oxygen atoms in total. The van der Waals surface area contributed by atoms with Gasteiger partial charge in [-0.15, -0.1) is 0 Å². The lowest BCUT2D eigenvalue weighted by atomic mass is 10.2. The van der Waals surface area contributed by atoms with Gasteiger partial charge in [-0.25, -0.2) is 8.78 Å². The number of halogens is 2. The molecule has 0 saturated carbocycles. The van der Waals surface area contributed by atoms with Crippen LogP contribution in [0.15, 0.2) is 12.1 Å². The van der Waals surface area contributed by atoms with Crippen LogP contribution in [0, 0.1) is 18.6 Å². The summed E-state index contributed by atoms with van der Waals surface area (Å²) in [7, 11) is -2.16. The van der Waals surface area contributed by atoms with Crippen LogP contribution in [0.25, 0.3) is 0 Å². The van der Waals surface area contributed by atoms with Crippen molar-refractivity contribution in [3.05, 3.63) is 29.3 Å². The van der Waals surface area contributed by atoms with E-state index in [9.17, 15) is 8.78 Å². The molecule has 13 heavy (non-hydrogen) atoms. The van der Waals surface area contributed by atoms with E-state index in [-0.39, 0.29) is 5.56 Å². The summed E-state index contributed by atoms with van der Waals surface area (Å²) in [4.78, 5) is 0. The summed E-state index contributed by atoms with van der Waals surface area (Å²) >= 11 is 0. The maximum absolute atomic E-state index is 12.9. The normalized spacial score (nSPS) is 9.92. The maximum Gasteiger partial charge on any atom is 0.707 e. The summed E-state index contributed by atoms with van der Waals surface area (Å²) in [6.45, 7) is 1.39. The van der Waals surface area contributed by atoms with E-state index < -0.39 is 24.7 Å². The van der Waals surface area contributed by atoms with Gasteiger partial charge in [0.1, 0.15) is 11.6 Å². The zero-order chi connectivity index (χ0) is 10.0. The van der Waals surface area contributed by atoms with E-state index in [0.717, 1.165) is 12.1 Å². The van der Waals surface area contributed by atoms with Gasteiger partial charge in [0.25, 0.3) is 0 Å². The molecule has 70 valence electrons. The topological polar surface area (TPSA) is 49.7 Å². The number of hydrogen-bond donors (Lipinski definition) is 2. The van der Waals surface area contributed by atoms with Gasteiger partial charge in [-0.1, -0.05) is 0 Å². The first-order valence-electron chi connectivity index (χ1n) is 3.49. The Labute approximate surface area is 73.8 Å². The fourth-order valence-electron chi connectivity index (χ4n) is 0.832. The maximum atomic E-state index is 12.9. The molecule has 0 unspecified atom stereocenters. The third-order valence-corrected chi connectivity index (χ3v) is 1.45. The van der Waals surface area contributed by atoms with Gasteiger partial charge in [-0.2, -0.15) is 0 Å². The molecule has 6 heteroatoms. The van der Waals surface area contributed by atoms with Crippen molar-refractivity contribution in [2.24, 2.45) is 0 Å². The largest absolute Gasteiger partial charge is 0.707 e. The lowest BCUT2D eigenvalue weighted by Crippen LogP contribution is -2.21. The summed E-state index contributed by atoms with van der Waals surface area (Å²) in [5.74, 6) is -2.04. The van der Waals surface area contributed by atoms with Crippen LogP contribution in [0.2, 0.25) is 0 Å². The van der Waals surface area contributed by atoms with Crippen LogP contribution < -0.4 is 4.65 Å². The highest BCUT2D eigenvalue weighted by Crippen LogP contribution is 2.20. The zero-order valence-electron chi connectivity index (χ0n) is 6.79. The first-order chi connectivity index (χ1) is 6.00. The Bertz CT molecular complexity index is 317. The number of aryl methyl sites for hydroxylation is 1. The summed E-state index contributed by atoms with van der Waals surface area (Å²) < 4.78 is 29.9. The monoisotopic (exact) mass is 188 g/mol. The fourth-order valence-corrected chi connectivity index (χ4v) is 0.832. The molecule has 1 aromatic rings. The Morgan fingerprint density at radius 1 is 1.23 bits per heavy atom. The average molecular weight is 188 g/mol. The van der Waals surface area contributed by atoms with E-state index in [2.05, 4.69) is 4.65 Å². The van der Waals surface area contributed by atoms with Crippen molar-refractivity contribution >= 4 is 7.32 Å². The third-order valence-electron chi connectivity index (χ3n) is 1.45. The quantitative estimate of drug-likeness (QED) is 0.668. The molecular formula is C7H7BF2O3. The van der Waals surface area contributed by atoms with Gasteiger partial charge in [-0.05, 0) is 18.6 Å². The second-order valence-electron chi connectivity index (χ2n) is 2.48. The number of benzene rings is 1. The van der Waals surface area contributed by atoms with Gasteiger partial charge >= 0.3 is 7.32 Å². The SMILES string of the molecule is Cc1cc(F)c(OB(O)O)cc1F. The van der Waals surface area contributed by atoms with Crippen LogP contribution in [-0.2, 0) is 0 Å². The Balaban J connectivity index is 3.01. The molecular weight excluding hydrogens is 181 g/mol. The van der Waals surface area contributed by atoms with Crippen molar-refractivity contribution in [3.8, 4) is 5.75 Å². The highest BCUT2D eigenvalue weighted by molar-refractivity contribution is 6.33. The highest BCUT2D eigenvalue weighted by Gasteiger charge is 2.16. The molecule has 0 aromatic heterocycles. The van der Waals surface area contributed by atoms with Crippen molar-refractivity contribution in [1.29, 1.82) is 0 Å². The zero-order valence-corrected chi connectivity index (χ0v) is 6.79. The van der Waals surface area contributed by atoms with Gasteiger partial charge in [0, 0.05) is 6.07 Å². The Hall–Kier alpha value is -1.14. The van der Waals surface area contributed by atoms with Crippen LogP contribution in [0.4, 0.5) is 8.78 Å². The molecule has 0 amide bonds. The van der Waals surface area contributed by atoms with Gasteiger partial charge in [0.05, 0.1) is 0 Å². The minimum Gasteiger partial charge on any atom is -0.509 e. The van der Waals surface area contributed by atoms with E-state index in [1.165, 1.54) is 6.92 Å². The molecule has 0 aliphatic heterocycles. The Kier molecular flexibility index (Phi) is 2.85. The predicted molar refractivity (Wildman–Crippen MR) is 41.9 cm³/mol. The molecule has 2 N–H and O–H groups in total. The van der Waals surface area contributed by atoms with E-state index in [1.807, 2.05) is 0 Å². The molecule has 0 bridgehead atoms. The van der Waals surface area contributed by atoms with Crippen LogP contribution in [0.5, 0.6) is 5.75 Å². The summed E-state index contributed by atoms with van der Waals surface area (Å²) in [6, 6.07) is 1.66. The van der Waals surface area contributed by atoms with E-state index in [0.29, 0.717) is 0 Å². The van der Waals surface area contributed by atoms with Gasteiger partial charge in [-0.3, -0.25) is 0 Å². The van der Waals surface area contributed by atoms with Crippen LogP contribution in [-0.4, -0.2) is 17.4 Å². The first kappa shape index (κ1) is 9.95. The minimum atomic E-state index is -2.16. The van der Waals surface area contributed by atoms with Gasteiger partial charge in [0.15, 0.2) is 5.82 Å². The molecule has 1 aromatic carbocycles. The second-order valence-corrected chi connectivity index (χ2v) is 2.48. The minimum absolute atomic E-state index is 0.122. The van der Waals surface area contributed by atoms with Crippen molar-refractivity contribution in [2.45, 2.75) is 6.92 Å². The molecule has 0 aliphatic rings. The number of rotatable bonds is 2. The smallest absolute Gasteiger partial charge is 0.509 e. The van der Waals surface area contributed by atoms with Crippen molar-refractivity contribution in [2.75, 3.05) is 0 Å². The van der Waals surface area contributed by atoms with E-state index in [1.54, 1.807) is 0 Å². The summed E-state index contributed by atoms with van der Waals surface area (Å²) in [5.41, 5.74) is 0.122. The summed E-state index contributed by atoms with van der Waals surface area (Å²) in [5, 5.41) is 16.7. The van der Waals surface area contributed by atoms with Gasteiger partial charge in [0.2, 0.25) is 0 Å². The van der Waals surface area contributed by atoms with E-state index >= 15 is 0 Å². The van der Waals surface area contributed by atoms with Crippen LogP contribution in [0.3, 0.4) is 0 Å². The molecule has 1 rings (SSSR count). The average Bonchev–Trinajstić information content (AvgIpc) is 1.99. The molecule has 0 spiro atoms. The molecule has 0 fully saturated rings. The molecule has 0 heterocycles. The van der Waals surface area contributed by atoms with Crippen LogP contribution in [0.1, 0.15) is 5.56 Å². The lowest BCUT2D eigenvalue weighted by molar-refractivity contribution is 0.281. The van der Waals surface area contributed by atoms with Crippen molar-refractivity contribution in [3.63, 3.8) is 0 Å². The van der Waals surface area contributed by atoms with E-state index in [4.69, 9.17) is 10.0 Å². The third kappa shape index (κ3) is 2.40. The summed E-state index contributed by atoms with van der Waals surface area (Å²) in [6.07, 6.45) is 0. The predicted octanol–water partition coefficient (Wildman–Crippen LogP) is 0.622. The Morgan fingerprint density at radius 2 is 1.85 bits per heavy atom. The molecule has 0 radical (unpaired) electrons. The lowest BCUT2D eigenvalue weighted by Gasteiger charge is -2.06. The van der Waals surface area contributed by atoms with Gasteiger partial charge < -0.3 is 14.7 Å². The molecule has 0 atom stereocenters. The molecule has 0 saturated heterocycles. The number of hydrogen-bond acceptors (Lipinski definition) is 3. The Morgan fingerprint density at radius 3 is 2.38 bits per heavy atom. The van der Waals surface area contributed by atoms with Crippen LogP contribution >= 0.6 is 0 Å². The fraction of sp³-hybridized carbons (Fsp3) is 0.143. The van der Waals surface area contributed by atoms with Crippen molar-refractivity contribution < 1.29 is 23.5 Å².